The second kappa shape index (κ2) is 7.49. The number of non-ortho nitro benzene ring substituents is 1. The van der Waals surface area contributed by atoms with Crippen LogP contribution < -0.4 is 15.4 Å². The molecule has 1 atom stereocenters. The zero-order valence-electron chi connectivity index (χ0n) is 14.3. The number of nitrogens with zero attached hydrogens (tertiary/aromatic N) is 2. The average Bonchev–Trinajstić information content (AvgIpc) is 2.61. The molecule has 1 unspecified atom stereocenters. The number of halogens is 1. The van der Waals surface area contributed by atoms with E-state index in [0.717, 1.165) is 18.9 Å². The van der Waals surface area contributed by atoms with E-state index in [1.165, 1.54) is 18.2 Å². The number of para-hydroxylation sites is 1. The highest BCUT2D eigenvalue weighted by Gasteiger charge is 2.23. The lowest BCUT2D eigenvalue weighted by Crippen LogP contribution is -2.42. The van der Waals surface area contributed by atoms with Crippen LogP contribution in [0.15, 0.2) is 47.4 Å². The van der Waals surface area contributed by atoms with Crippen molar-refractivity contribution in [3.05, 3.63) is 58.4 Å². The molecule has 144 valence electrons. The summed E-state index contributed by atoms with van der Waals surface area (Å²) in [4.78, 5) is 12.0. The molecule has 8 nitrogen and oxygen atoms in total. The molecule has 0 saturated carbocycles. The van der Waals surface area contributed by atoms with Gasteiger partial charge in [0.05, 0.1) is 15.5 Å². The number of nitro groups is 1. The molecule has 0 radical (unpaired) electrons. The van der Waals surface area contributed by atoms with Crippen molar-refractivity contribution in [3.63, 3.8) is 0 Å². The number of piperidine rings is 1. The number of nitro benzene ring substituents is 1. The van der Waals surface area contributed by atoms with Crippen molar-refractivity contribution in [2.45, 2.75) is 23.8 Å². The minimum Gasteiger partial charge on any atom is -0.380 e. The first-order valence-electron chi connectivity index (χ1n) is 8.32. The summed E-state index contributed by atoms with van der Waals surface area (Å²) < 4.78 is 37.2. The Kier molecular flexibility index (Phi) is 5.29. The average molecular weight is 394 g/mol. The van der Waals surface area contributed by atoms with E-state index in [4.69, 9.17) is 5.14 Å². The highest BCUT2D eigenvalue weighted by atomic mass is 32.2. The smallest absolute Gasteiger partial charge is 0.272 e. The molecule has 1 fully saturated rings. The van der Waals surface area contributed by atoms with Gasteiger partial charge in [0, 0.05) is 37.0 Å². The normalized spacial score (nSPS) is 17.6. The number of hydrogen-bond donors (Lipinski definition) is 2. The van der Waals surface area contributed by atoms with Crippen LogP contribution in [-0.2, 0) is 10.0 Å². The molecule has 1 heterocycles. The maximum absolute atomic E-state index is 14.0. The third kappa shape index (κ3) is 4.52. The molecule has 2 aromatic rings. The fraction of sp³-hybridized carbons (Fsp3) is 0.294. The van der Waals surface area contributed by atoms with Gasteiger partial charge in [-0.2, -0.15) is 0 Å². The first-order valence-corrected chi connectivity index (χ1v) is 9.87. The van der Waals surface area contributed by atoms with E-state index in [1.54, 1.807) is 18.2 Å². The van der Waals surface area contributed by atoms with Gasteiger partial charge in [0.2, 0.25) is 10.0 Å². The van der Waals surface area contributed by atoms with E-state index in [2.05, 4.69) is 5.32 Å². The summed E-state index contributed by atoms with van der Waals surface area (Å²) in [6, 6.07) is 9.79. The summed E-state index contributed by atoms with van der Waals surface area (Å²) in [5.41, 5.74) is 0.410. The van der Waals surface area contributed by atoms with Crippen LogP contribution in [0.4, 0.5) is 21.5 Å². The van der Waals surface area contributed by atoms with Gasteiger partial charge >= 0.3 is 0 Å². The summed E-state index contributed by atoms with van der Waals surface area (Å²) in [7, 11) is -4.09. The van der Waals surface area contributed by atoms with Gasteiger partial charge in [0.1, 0.15) is 5.82 Å². The van der Waals surface area contributed by atoms with E-state index in [1.807, 2.05) is 4.90 Å². The summed E-state index contributed by atoms with van der Waals surface area (Å²) in [6.07, 6.45) is 1.56. The summed E-state index contributed by atoms with van der Waals surface area (Å²) in [5.74, 6) is -0.315. The number of nitrogens with two attached hydrogens (primary N) is 1. The zero-order valence-corrected chi connectivity index (χ0v) is 15.2. The number of anilines is 2. The quantitative estimate of drug-likeness (QED) is 0.594. The van der Waals surface area contributed by atoms with Gasteiger partial charge in [-0.3, -0.25) is 10.1 Å². The van der Waals surface area contributed by atoms with Gasteiger partial charge in [-0.1, -0.05) is 12.1 Å². The molecular formula is C17H19FN4O4S. The van der Waals surface area contributed by atoms with Crippen molar-refractivity contribution in [3.8, 4) is 0 Å². The van der Waals surface area contributed by atoms with E-state index in [-0.39, 0.29) is 28.1 Å². The summed E-state index contributed by atoms with van der Waals surface area (Å²) >= 11 is 0. The molecule has 3 N–H and O–H groups in total. The number of hydrogen-bond acceptors (Lipinski definition) is 6. The predicted molar refractivity (Wildman–Crippen MR) is 99.7 cm³/mol. The fourth-order valence-corrected chi connectivity index (χ4v) is 3.77. The molecule has 0 amide bonds. The minimum atomic E-state index is -4.09. The van der Waals surface area contributed by atoms with Crippen LogP contribution in [0.5, 0.6) is 0 Å². The lowest BCUT2D eigenvalue weighted by molar-refractivity contribution is -0.385. The van der Waals surface area contributed by atoms with Crippen LogP contribution in [0.2, 0.25) is 0 Å². The van der Waals surface area contributed by atoms with Gasteiger partial charge in [-0.15, -0.1) is 0 Å². The molecular weight excluding hydrogens is 375 g/mol. The topological polar surface area (TPSA) is 119 Å². The standard InChI is InChI=1S/C17H19FN4O4S/c18-16-5-1-2-6-17(16)21-7-3-4-12(11-21)20-13-8-14(22(23)24)10-15(9-13)27(19,25)26/h1-2,5-6,8-10,12,20H,3-4,7,11H2,(H2,19,25,26). The molecule has 1 aliphatic rings. The lowest BCUT2D eigenvalue weighted by atomic mass is 10.0. The van der Waals surface area contributed by atoms with Gasteiger partial charge in [-0.25, -0.2) is 17.9 Å². The number of sulfonamides is 1. The highest BCUT2D eigenvalue weighted by Crippen LogP contribution is 2.27. The number of benzene rings is 2. The third-order valence-corrected chi connectivity index (χ3v) is 5.31. The lowest BCUT2D eigenvalue weighted by Gasteiger charge is -2.35. The van der Waals surface area contributed by atoms with Crippen LogP contribution >= 0.6 is 0 Å². The largest absolute Gasteiger partial charge is 0.380 e. The number of rotatable bonds is 5. The van der Waals surface area contributed by atoms with Crippen LogP contribution in [0.3, 0.4) is 0 Å². The first-order chi connectivity index (χ1) is 12.7. The van der Waals surface area contributed by atoms with Crippen molar-refractivity contribution in [1.29, 1.82) is 0 Å². The molecule has 1 saturated heterocycles. The Morgan fingerprint density at radius 2 is 2.00 bits per heavy atom. The molecule has 0 spiro atoms. The van der Waals surface area contributed by atoms with Crippen LogP contribution in [0, 0.1) is 15.9 Å². The van der Waals surface area contributed by atoms with Crippen molar-refractivity contribution < 1.29 is 17.7 Å². The summed E-state index contributed by atoms with van der Waals surface area (Å²) in [5, 5.41) is 19.3. The van der Waals surface area contributed by atoms with Gasteiger partial charge in [0.15, 0.2) is 0 Å². The van der Waals surface area contributed by atoms with Gasteiger partial charge < -0.3 is 10.2 Å². The molecule has 0 aromatic heterocycles. The monoisotopic (exact) mass is 394 g/mol. The maximum atomic E-state index is 14.0. The number of primary sulfonamides is 1. The first kappa shape index (κ1) is 19.1. The number of nitrogens with one attached hydrogen (secondary N) is 1. The van der Waals surface area contributed by atoms with Crippen molar-refractivity contribution in [1.82, 2.24) is 0 Å². The summed E-state index contributed by atoms with van der Waals surface area (Å²) in [6.45, 7) is 1.17. The molecule has 0 bridgehead atoms. The Bertz CT molecular complexity index is 967. The van der Waals surface area contributed by atoms with Crippen molar-refractivity contribution in [2.24, 2.45) is 5.14 Å². The Morgan fingerprint density at radius 3 is 2.67 bits per heavy atom. The predicted octanol–water partition coefficient (Wildman–Crippen LogP) is 2.46. The SMILES string of the molecule is NS(=O)(=O)c1cc(NC2CCCN(c3ccccc3F)C2)cc([N+](=O)[O-])c1. The molecule has 2 aromatic carbocycles. The van der Waals surface area contributed by atoms with Crippen molar-refractivity contribution >= 4 is 27.1 Å². The van der Waals surface area contributed by atoms with Crippen LogP contribution in [0.1, 0.15) is 12.8 Å². The van der Waals surface area contributed by atoms with Crippen molar-refractivity contribution in [2.75, 3.05) is 23.3 Å². The Balaban J connectivity index is 1.83. The van der Waals surface area contributed by atoms with Gasteiger partial charge in [0.25, 0.3) is 5.69 Å². The molecule has 10 heteroatoms. The molecule has 27 heavy (non-hydrogen) atoms. The third-order valence-electron chi connectivity index (χ3n) is 4.42. The van der Waals surface area contributed by atoms with Crippen LogP contribution in [-0.4, -0.2) is 32.5 Å². The van der Waals surface area contributed by atoms with E-state index >= 15 is 0 Å². The maximum Gasteiger partial charge on any atom is 0.272 e. The molecule has 0 aliphatic carbocycles. The van der Waals surface area contributed by atoms with E-state index in [0.29, 0.717) is 18.8 Å². The zero-order chi connectivity index (χ0) is 19.6. The Hall–Kier alpha value is -2.72. The Labute approximate surface area is 156 Å². The van der Waals surface area contributed by atoms with Gasteiger partial charge in [-0.05, 0) is 31.0 Å². The van der Waals surface area contributed by atoms with Crippen LogP contribution in [0.25, 0.3) is 0 Å². The fourth-order valence-electron chi connectivity index (χ4n) is 3.19. The van der Waals surface area contributed by atoms with E-state index < -0.39 is 14.9 Å². The van der Waals surface area contributed by atoms with E-state index in [9.17, 15) is 22.9 Å². The second-order valence-electron chi connectivity index (χ2n) is 6.40. The highest BCUT2D eigenvalue weighted by molar-refractivity contribution is 7.89. The second-order valence-corrected chi connectivity index (χ2v) is 7.96. The minimum absolute atomic E-state index is 0.131. The molecule has 3 rings (SSSR count). The Morgan fingerprint density at radius 1 is 1.26 bits per heavy atom. The molecule has 1 aliphatic heterocycles.